The standard InChI is InChI=1S/C19H26F6O2.C19H29F3O2.C18H27F3O2.3C3H10OSi.6CH4/c1-2-26-9-27-17(18(20,21)22,19(23,24)25)8-13-6-12-7-14(13)16-11-4-3-10(5-11)15(12)16;1-3-23-10-24-18(2,19(20,21)22)9-14-7-13-8-15(14)17-12-5-4-11(6-12)16(13)17;1-2-22-9-23-15(18(19,20)21)8-12-6-13-7-14(12)17-11-4-3-10(5-11)16(13)17;3*1-4-5(2)3;;;;;;/h10-16H,2-9H2,1H3;11-17H,3-10H2,1-2H3;10-17H,2-9H2,1H3;3*5H,1-3H3;6*1H4. The third kappa shape index (κ3) is 21.1. The van der Waals surface area contributed by atoms with E-state index in [0.29, 0.717) is 72.9 Å². The highest BCUT2D eigenvalue weighted by Gasteiger charge is 2.75. The Labute approximate surface area is 574 Å². The van der Waals surface area contributed by atoms with Crippen molar-refractivity contribution in [1.29, 1.82) is 0 Å². The first kappa shape index (κ1) is 92.5. The smallest absolute Gasteiger partial charge is 0.424 e. The lowest BCUT2D eigenvalue weighted by Crippen LogP contribution is -2.60. The molecule has 23 atom stereocenters. The van der Waals surface area contributed by atoms with Crippen molar-refractivity contribution in [3.63, 3.8) is 0 Å². The van der Waals surface area contributed by atoms with Gasteiger partial charge in [0.25, 0.3) is 5.60 Å². The van der Waals surface area contributed by atoms with Crippen LogP contribution in [-0.4, -0.2) is 131 Å². The van der Waals surface area contributed by atoms with Crippen LogP contribution in [0.2, 0.25) is 39.3 Å². The van der Waals surface area contributed by atoms with Crippen molar-refractivity contribution in [1.82, 2.24) is 0 Å². The molecule has 0 aromatic rings. The van der Waals surface area contributed by atoms with Gasteiger partial charge in [0.05, 0.1) is 0 Å². The Kier molecular flexibility index (Phi) is 37.8. The van der Waals surface area contributed by atoms with Crippen molar-refractivity contribution in [3.8, 4) is 0 Å². The molecule has 0 aromatic heterocycles. The summed E-state index contributed by atoms with van der Waals surface area (Å²) in [5.74, 6) is 11.1. The van der Waals surface area contributed by atoms with Crippen LogP contribution in [0.25, 0.3) is 0 Å². The van der Waals surface area contributed by atoms with E-state index in [-0.39, 0.29) is 95.3 Å². The van der Waals surface area contributed by atoms with Crippen molar-refractivity contribution >= 4 is 27.1 Å². The first-order valence-electron chi connectivity index (χ1n) is 34.2. The molecule has 95 heavy (non-hydrogen) atoms. The molecular weight excluding hydrogens is 1310 g/mol. The second-order valence-corrected chi connectivity index (χ2v) is 37.5. The summed E-state index contributed by atoms with van der Waals surface area (Å²) < 4.78 is 207. The highest BCUT2D eigenvalue weighted by Crippen LogP contribution is 2.73. The number of hydrogen-bond acceptors (Lipinski definition) is 9. The van der Waals surface area contributed by atoms with Gasteiger partial charge in [-0.2, -0.15) is 52.7 Å². The van der Waals surface area contributed by atoms with Gasteiger partial charge in [-0.1, -0.05) is 44.6 Å². The summed E-state index contributed by atoms with van der Waals surface area (Å²) in [6.07, 6.45) is -5.02. The fourth-order valence-electron chi connectivity index (χ4n) is 20.9. The van der Waals surface area contributed by atoms with E-state index in [2.05, 4.69) is 44.0 Å². The van der Waals surface area contributed by atoms with Crippen LogP contribution in [0.15, 0.2) is 0 Å². The van der Waals surface area contributed by atoms with E-state index < -0.39 is 88.3 Å². The number of alkyl halides is 12. The van der Waals surface area contributed by atoms with E-state index in [9.17, 15) is 52.7 Å². The zero-order valence-electron chi connectivity index (χ0n) is 55.6. The SMILES string of the molecule is C.C.C.C.C.C.CCOCOC(C)(CC1CC2CC1C1C3CCC(C3)C21)C(F)(F)F.CCOCOC(CC1CC2CC1C1C3CCC(C3)C21)(C(F)(F)F)C(F)(F)F.CCOCOC(CC1CC2CC1C1C3CCC(C3)C21)C(F)(F)F.CO[SiH](C)C.CO[SiH](C)C.CO[SiH](C)C. The number of halogens is 12. The van der Waals surface area contributed by atoms with Crippen LogP contribution in [0.5, 0.6) is 0 Å². The molecule has 0 aromatic carbocycles. The first-order chi connectivity index (χ1) is 41.7. The summed E-state index contributed by atoms with van der Waals surface area (Å²) in [4.78, 5) is 0. The minimum Gasteiger partial charge on any atom is -0.424 e. The minimum atomic E-state index is -5.53. The summed E-state index contributed by atoms with van der Waals surface area (Å²) in [6.45, 7) is 18.3. The van der Waals surface area contributed by atoms with Crippen LogP contribution in [0.1, 0.15) is 188 Å². The summed E-state index contributed by atoms with van der Waals surface area (Å²) in [5, 5.41) is 0. The lowest BCUT2D eigenvalue weighted by atomic mass is 9.65. The Morgan fingerprint density at radius 3 is 0.968 bits per heavy atom. The Balaban J connectivity index is 0.000000625. The fraction of sp³-hybridized carbons (Fsp3) is 1.00. The normalized spacial score (nSPS) is 35.7. The van der Waals surface area contributed by atoms with Gasteiger partial charge in [-0.05, 0) is 307 Å². The lowest BCUT2D eigenvalue weighted by molar-refractivity contribution is -0.398. The van der Waals surface area contributed by atoms with Gasteiger partial charge in [-0.3, -0.25) is 0 Å². The molecule has 0 amide bonds. The number of fused-ring (bicyclic) bond motifs is 27. The maximum atomic E-state index is 13.7. The summed E-state index contributed by atoms with van der Waals surface area (Å²) in [7, 11) is 3.33. The van der Waals surface area contributed by atoms with E-state index in [1.165, 1.54) is 71.6 Å². The molecule has 0 N–H and O–H groups in total. The van der Waals surface area contributed by atoms with Crippen molar-refractivity contribution < 1.29 is 94.4 Å². The molecule has 12 fully saturated rings. The van der Waals surface area contributed by atoms with Gasteiger partial charge in [0.15, 0.2) is 38.8 Å². The van der Waals surface area contributed by atoms with Crippen LogP contribution in [0, 0.1) is 124 Å². The lowest BCUT2D eigenvalue weighted by Gasteiger charge is -2.43. The molecule has 12 saturated carbocycles. The van der Waals surface area contributed by atoms with Gasteiger partial charge in [-0.25, -0.2) is 0 Å². The summed E-state index contributed by atoms with van der Waals surface area (Å²) in [5.41, 5.74) is -6.22. The van der Waals surface area contributed by atoms with Crippen LogP contribution < -0.4 is 0 Å². The van der Waals surface area contributed by atoms with Crippen LogP contribution in [0.3, 0.4) is 0 Å². The third-order valence-electron chi connectivity index (χ3n) is 24.4. The van der Waals surface area contributed by atoms with Gasteiger partial charge >= 0.3 is 24.7 Å². The molecule has 23 unspecified atom stereocenters. The molecule has 12 aliphatic carbocycles. The zero-order chi connectivity index (χ0) is 65.8. The maximum Gasteiger partial charge on any atom is 0.426 e. The fourth-order valence-corrected chi connectivity index (χ4v) is 20.9. The predicted molar refractivity (Wildman–Crippen MR) is 366 cm³/mol. The van der Waals surface area contributed by atoms with E-state index in [0.717, 1.165) is 79.4 Å². The largest absolute Gasteiger partial charge is 0.426 e. The second kappa shape index (κ2) is 38.8. The second-order valence-electron chi connectivity index (χ2n) is 29.8. The quantitative estimate of drug-likeness (QED) is 0.0367. The molecule has 12 bridgehead atoms. The molecular formula is C71H136F12O9Si3. The van der Waals surface area contributed by atoms with Crippen molar-refractivity contribution in [3.05, 3.63) is 0 Å². The Hall–Kier alpha value is -0.549. The molecule has 24 heteroatoms. The Morgan fingerprint density at radius 1 is 0.368 bits per heavy atom. The van der Waals surface area contributed by atoms with Crippen molar-refractivity contribution in [2.24, 2.45) is 124 Å². The zero-order valence-corrected chi connectivity index (χ0v) is 59.1. The molecule has 0 radical (unpaired) electrons. The number of rotatable bonds is 21. The third-order valence-corrected chi connectivity index (χ3v) is 27.3. The van der Waals surface area contributed by atoms with Gasteiger partial charge < -0.3 is 41.7 Å². The summed E-state index contributed by atoms with van der Waals surface area (Å²) in [6, 6.07) is 0. The Bertz CT molecular complexity index is 2100. The average Bonchev–Trinajstić information content (AvgIpc) is 1.59. The molecule has 0 saturated heterocycles. The monoisotopic (exact) mass is 1440 g/mol. The molecule has 9 nitrogen and oxygen atoms in total. The average molecular weight is 1450 g/mol. The number of ether oxygens (including phenoxy) is 6. The van der Waals surface area contributed by atoms with Crippen molar-refractivity contribution in [2.45, 2.75) is 269 Å². The van der Waals surface area contributed by atoms with Gasteiger partial charge in [0.1, 0.15) is 20.4 Å². The molecule has 12 rings (SSSR count). The van der Waals surface area contributed by atoms with E-state index in [1.807, 2.05) is 0 Å². The Morgan fingerprint density at radius 2 is 0.663 bits per heavy atom. The number of hydrogen-bond donors (Lipinski definition) is 0. The summed E-state index contributed by atoms with van der Waals surface area (Å²) >= 11 is 0. The molecule has 0 aliphatic heterocycles. The highest BCUT2D eigenvalue weighted by molar-refractivity contribution is 6.48. The molecule has 12 aliphatic rings. The predicted octanol–water partition coefficient (Wildman–Crippen LogP) is 20.9. The highest BCUT2D eigenvalue weighted by atomic mass is 28.3. The maximum absolute atomic E-state index is 13.7. The van der Waals surface area contributed by atoms with Gasteiger partial charge in [-0.15, -0.1) is 0 Å². The van der Waals surface area contributed by atoms with E-state index in [1.54, 1.807) is 35.2 Å². The molecule has 0 heterocycles. The molecule has 0 spiro atoms. The van der Waals surface area contributed by atoms with Gasteiger partial charge in [0.2, 0.25) is 0 Å². The van der Waals surface area contributed by atoms with E-state index >= 15 is 0 Å². The minimum absolute atomic E-state index is 0. The first-order valence-corrected chi connectivity index (χ1v) is 42.5. The van der Waals surface area contributed by atoms with Gasteiger partial charge in [0, 0.05) is 41.2 Å². The van der Waals surface area contributed by atoms with Crippen molar-refractivity contribution in [2.75, 3.05) is 61.5 Å². The molecule has 570 valence electrons. The topological polar surface area (TPSA) is 83.1 Å². The van der Waals surface area contributed by atoms with Crippen LogP contribution in [0.4, 0.5) is 52.7 Å². The van der Waals surface area contributed by atoms with Crippen LogP contribution >= 0.6 is 0 Å². The van der Waals surface area contributed by atoms with E-state index in [4.69, 9.17) is 37.0 Å². The van der Waals surface area contributed by atoms with Crippen LogP contribution in [-0.2, 0) is 41.7 Å².